The van der Waals surface area contributed by atoms with Gasteiger partial charge in [-0.2, -0.15) is 21.6 Å². The highest BCUT2D eigenvalue weighted by molar-refractivity contribution is 7.90. The van der Waals surface area contributed by atoms with E-state index in [1.807, 2.05) is 4.90 Å². The summed E-state index contributed by atoms with van der Waals surface area (Å²) in [6, 6.07) is 9.25. The minimum atomic E-state index is -4.29. The Labute approximate surface area is 259 Å². The number of hydrogen-bond donors (Lipinski definition) is 2. The third kappa shape index (κ3) is 6.44. The number of fused-ring (bicyclic) bond motifs is 6. The summed E-state index contributed by atoms with van der Waals surface area (Å²) >= 11 is 0. The van der Waals surface area contributed by atoms with Crippen LogP contribution in [0.15, 0.2) is 47.6 Å². The molecule has 3 aliphatic rings. The third-order valence-corrected chi connectivity index (χ3v) is 10.2. The Bertz CT molecular complexity index is 1690. The minimum absolute atomic E-state index is 0.0198. The molecule has 6 rings (SSSR count). The zero-order valence-electron chi connectivity index (χ0n) is 25.1. The van der Waals surface area contributed by atoms with Crippen LogP contribution in [0.25, 0.3) is 5.82 Å². The summed E-state index contributed by atoms with van der Waals surface area (Å²) < 4.78 is 75.3. The van der Waals surface area contributed by atoms with Crippen LogP contribution in [0, 0.1) is 11.3 Å². The topological polar surface area (TPSA) is 131 Å². The molecule has 1 amide bonds. The number of aromatic nitrogens is 4. The lowest BCUT2D eigenvalue weighted by Gasteiger charge is -2.34. The number of nitrogens with zero attached hydrogens (tertiary/aromatic N) is 5. The van der Waals surface area contributed by atoms with Crippen molar-refractivity contribution in [3.8, 4) is 11.7 Å². The van der Waals surface area contributed by atoms with Crippen molar-refractivity contribution in [1.29, 1.82) is 0 Å². The average molecular weight is 648 g/mol. The van der Waals surface area contributed by atoms with Crippen LogP contribution in [0.1, 0.15) is 69.2 Å². The SMILES string of the molecule is CC1(C)C[C@H]2CCCNc3cccc(n3)S(=O)(=O)NC(=O)c3ccc(-n4ccc(OCCCC5(C(F)(F)F)CC5)n4)nc3N1C2. The summed E-state index contributed by atoms with van der Waals surface area (Å²) in [6.45, 7) is 5.47. The molecule has 0 spiro atoms. The van der Waals surface area contributed by atoms with E-state index in [1.54, 1.807) is 30.5 Å². The molecule has 3 aromatic rings. The second-order valence-corrected chi connectivity index (χ2v) is 14.4. The maximum atomic E-state index is 13.6. The quantitative estimate of drug-likeness (QED) is 0.351. The van der Waals surface area contributed by atoms with Gasteiger partial charge >= 0.3 is 6.18 Å². The van der Waals surface area contributed by atoms with Gasteiger partial charge in [0.1, 0.15) is 11.6 Å². The van der Waals surface area contributed by atoms with Gasteiger partial charge in [-0.05, 0) is 89.0 Å². The van der Waals surface area contributed by atoms with Gasteiger partial charge in [-0.1, -0.05) is 6.07 Å². The number of ether oxygens (including phenoxy) is 1. The lowest BCUT2D eigenvalue weighted by molar-refractivity contribution is -0.189. The number of carbonyl (C=O) groups excluding carboxylic acids is 1. The average Bonchev–Trinajstić information content (AvgIpc) is 3.53. The van der Waals surface area contributed by atoms with E-state index >= 15 is 0 Å². The molecule has 1 aliphatic carbocycles. The molecular formula is C30H36F3N7O4S. The Kier molecular flexibility index (Phi) is 7.94. The summed E-state index contributed by atoms with van der Waals surface area (Å²) in [7, 11) is -4.29. The molecule has 2 N–H and O–H groups in total. The van der Waals surface area contributed by atoms with Crippen molar-refractivity contribution in [2.45, 2.75) is 75.5 Å². The lowest BCUT2D eigenvalue weighted by Crippen LogP contribution is -2.41. The smallest absolute Gasteiger partial charge is 0.394 e. The molecule has 0 aromatic carbocycles. The monoisotopic (exact) mass is 647 g/mol. The standard InChI is InChI=1S/C30H36F3N7O4S/c1-28(2)18-20-6-4-15-34-22-7-3-8-25(35-22)45(42,43)38-27(41)21-9-10-23(36-26(21)39(28)19-20)40-16-11-24(37-40)44-17-5-12-29(13-14-29)30(31,32)33/h3,7-11,16,20H,4-6,12-15,17-19H2,1-2H3,(H,34,35)(H,38,41)/t20-/m1/s1. The van der Waals surface area contributed by atoms with Crippen molar-refractivity contribution >= 4 is 27.6 Å². The summed E-state index contributed by atoms with van der Waals surface area (Å²) in [5.41, 5.74) is -1.87. The van der Waals surface area contributed by atoms with Gasteiger partial charge < -0.3 is 15.0 Å². The van der Waals surface area contributed by atoms with Gasteiger partial charge in [0, 0.05) is 30.9 Å². The number of pyridine rings is 2. The van der Waals surface area contributed by atoms with Crippen LogP contribution in [0.2, 0.25) is 0 Å². The third-order valence-electron chi connectivity index (χ3n) is 8.95. The van der Waals surface area contributed by atoms with Crippen molar-refractivity contribution in [3.05, 3.63) is 48.2 Å². The van der Waals surface area contributed by atoms with Gasteiger partial charge in [0.15, 0.2) is 10.8 Å². The predicted octanol–water partition coefficient (Wildman–Crippen LogP) is 5.09. The van der Waals surface area contributed by atoms with E-state index in [2.05, 4.69) is 34.0 Å². The first kappa shape index (κ1) is 31.1. The molecule has 4 bridgehead atoms. The van der Waals surface area contributed by atoms with Crippen molar-refractivity contribution in [1.82, 2.24) is 24.5 Å². The Morgan fingerprint density at radius 3 is 2.67 bits per heavy atom. The van der Waals surface area contributed by atoms with Crippen molar-refractivity contribution in [2.24, 2.45) is 11.3 Å². The van der Waals surface area contributed by atoms with Gasteiger partial charge in [-0.25, -0.2) is 19.4 Å². The molecule has 2 aliphatic heterocycles. The Balaban J connectivity index is 1.26. The second-order valence-electron chi connectivity index (χ2n) is 12.7. The van der Waals surface area contributed by atoms with E-state index in [4.69, 9.17) is 9.72 Å². The zero-order valence-corrected chi connectivity index (χ0v) is 25.9. The molecule has 2 fully saturated rings. The number of amides is 1. The molecule has 1 atom stereocenters. The zero-order chi connectivity index (χ0) is 32.0. The summed E-state index contributed by atoms with van der Waals surface area (Å²) in [5, 5.41) is 7.30. The Hall–Kier alpha value is -3.88. The van der Waals surface area contributed by atoms with Gasteiger partial charge in [0.05, 0.1) is 17.6 Å². The number of halogens is 3. The Morgan fingerprint density at radius 1 is 1.11 bits per heavy atom. The van der Waals surface area contributed by atoms with Crippen LogP contribution in [0.5, 0.6) is 5.88 Å². The second kappa shape index (κ2) is 11.5. The number of rotatable bonds is 6. The van der Waals surface area contributed by atoms with Crippen LogP contribution < -0.4 is 19.7 Å². The first-order chi connectivity index (χ1) is 21.3. The van der Waals surface area contributed by atoms with E-state index in [1.165, 1.54) is 16.8 Å². The van der Waals surface area contributed by atoms with Crippen molar-refractivity contribution in [2.75, 3.05) is 29.9 Å². The van der Waals surface area contributed by atoms with Crippen LogP contribution >= 0.6 is 0 Å². The minimum Gasteiger partial charge on any atom is -0.477 e. The van der Waals surface area contributed by atoms with Crippen LogP contribution in [0.4, 0.5) is 24.8 Å². The number of sulfonamides is 1. The molecule has 0 unspecified atom stereocenters. The largest absolute Gasteiger partial charge is 0.477 e. The van der Waals surface area contributed by atoms with Crippen molar-refractivity contribution in [3.63, 3.8) is 0 Å². The van der Waals surface area contributed by atoms with E-state index < -0.39 is 27.5 Å². The summed E-state index contributed by atoms with van der Waals surface area (Å²) in [4.78, 5) is 24.6. The van der Waals surface area contributed by atoms with Crippen LogP contribution in [0.3, 0.4) is 0 Å². The van der Waals surface area contributed by atoms with E-state index in [0.717, 1.165) is 19.3 Å². The maximum Gasteiger partial charge on any atom is 0.394 e. The summed E-state index contributed by atoms with van der Waals surface area (Å²) in [5.74, 6) is 0.809. The van der Waals surface area contributed by atoms with Crippen LogP contribution in [-0.2, 0) is 10.0 Å². The first-order valence-electron chi connectivity index (χ1n) is 15.1. The molecule has 11 nitrogen and oxygen atoms in total. The highest BCUT2D eigenvalue weighted by Crippen LogP contribution is 2.60. The highest BCUT2D eigenvalue weighted by atomic mass is 32.2. The molecular weight excluding hydrogens is 611 g/mol. The first-order valence-corrected chi connectivity index (χ1v) is 16.6. The predicted molar refractivity (Wildman–Crippen MR) is 160 cm³/mol. The van der Waals surface area contributed by atoms with Gasteiger partial charge in [0.2, 0.25) is 5.88 Å². The maximum absolute atomic E-state index is 13.6. The number of nitrogens with one attached hydrogen (secondary N) is 2. The fourth-order valence-electron chi connectivity index (χ4n) is 6.33. The van der Waals surface area contributed by atoms with E-state index in [0.29, 0.717) is 36.5 Å². The molecule has 15 heteroatoms. The molecule has 242 valence electrons. The molecule has 1 saturated heterocycles. The molecule has 5 heterocycles. The number of carbonyl (C=O) groups is 1. The van der Waals surface area contributed by atoms with Crippen molar-refractivity contribution < 1.29 is 31.1 Å². The van der Waals surface area contributed by atoms with Gasteiger partial charge in [0.25, 0.3) is 15.9 Å². The summed E-state index contributed by atoms with van der Waals surface area (Å²) in [6.07, 6.45) is 0.625. The van der Waals surface area contributed by atoms with E-state index in [-0.39, 0.29) is 54.3 Å². The number of anilines is 2. The number of alkyl halides is 3. The van der Waals surface area contributed by atoms with Gasteiger partial charge in [-0.3, -0.25) is 4.79 Å². The lowest BCUT2D eigenvalue weighted by atomic mass is 9.93. The molecule has 1 saturated carbocycles. The Morgan fingerprint density at radius 2 is 1.91 bits per heavy atom. The van der Waals surface area contributed by atoms with E-state index in [9.17, 15) is 26.4 Å². The molecule has 45 heavy (non-hydrogen) atoms. The fraction of sp³-hybridized carbons (Fsp3) is 0.533. The van der Waals surface area contributed by atoms with Gasteiger partial charge in [-0.15, -0.1) is 5.10 Å². The fourth-order valence-corrected chi connectivity index (χ4v) is 7.26. The molecule has 3 aromatic heterocycles. The highest BCUT2D eigenvalue weighted by Gasteiger charge is 2.62. The van der Waals surface area contributed by atoms with Crippen LogP contribution in [-0.4, -0.2) is 65.5 Å². The molecule has 0 radical (unpaired) electrons. The normalized spacial score (nSPS) is 21.9. The number of hydrogen-bond acceptors (Lipinski definition) is 9.